The number of hydrogen-bond donors (Lipinski definition) is 0. The third-order valence-electron chi connectivity index (χ3n) is 5.67. The number of nitrogens with zero attached hydrogens (tertiary/aromatic N) is 3. The highest BCUT2D eigenvalue weighted by Crippen LogP contribution is 2.38. The number of hydrazone groups is 1. The first-order valence-corrected chi connectivity index (χ1v) is 10.6. The molecule has 33 heavy (non-hydrogen) atoms. The van der Waals surface area contributed by atoms with Gasteiger partial charge in [0.2, 0.25) is 24.8 Å². The molecule has 0 aliphatic carbocycles. The summed E-state index contributed by atoms with van der Waals surface area (Å²) in [5.41, 5.74) is 4.11. The lowest BCUT2D eigenvalue weighted by molar-refractivity contribution is -0.135. The molecule has 0 saturated heterocycles. The van der Waals surface area contributed by atoms with Crippen LogP contribution in [-0.4, -0.2) is 28.6 Å². The van der Waals surface area contributed by atoms with Crippen molar-refractivity contribution in [1.82, 2.24) is 9.99 Å². The molecule has 7 nitrogen and oxygen atoms in total. The van der Waals surface area contributed by atoms with Gasteiger partial charge in [-0.3, -0.25) is 4.79 Å². The van der Waals surface area contributed by atoms with Gasteiger partial charge in [-0.1, -0.05) is 48.5 Å². The average molecular weight is 437 g/mol. The van der Waals surface area contributed by atoms with Crippen LogP contribution in [-0.2, 0) is 9.53 Å². The van der Waals surface area contributed by atoms with Gasteiger partial charge in [-0.15, -0.1) is 5.10 Å². The van der Waals surface area contributed by atoms with E-state index in [0.29, 0.717) is 23.0 Å². The summed E-state index contributed by atoms with van der Waals surface area (Å²) in [5, 5.41) is 6.78. The number of rotatable bonds is 3. The third kappa shape index (κ3) is 3.34. The second-order valence-electron chi connectivity index (χ2n) is 7.79. The van der Waals surface area contributed by atoms with Crippen molar-refractivity contribution in [3.63, 3.8) is 0 Å². The predicted molar refractivity (Wildman–Crippen MR) is 123 cm³/mol. The number of benzene rings is 3. The molecular formula is C26H19N3O4. The van der Waals surface area contributed by atoms with Crippen LogP contribution in [0, 0.1) is 0 Å². The number of pyridine rings is 1. The minimum Gasteiger partial charge on any atom is -0.454 e. The van der Waals surface area contributed by atoms with Crippen LogP contribution in [0.5, 0.6) is 11.5 Å². The molecular weight excluding hydrogens is 418 g/mol. The fraction of sp³-hybridized carbons (Fsp3) is 0.115. The molecule has 7 heteroatoms. The quantitative estimate of drug-likeness (QED) is 0.457. The molecule has 0 N–H and O–H groups in total. The molecule has 0 saturated carbocycles. The molecule has 1 amide bonds. The minimum absolute atomic E-state index is 0.180. The van der Waals surface area contributed by atoms with Crippen molar-refractivity contribution in [2.75, 3.05) is 6.79 Å². The molecule has 0 radical (unpaired) electrons. The summed E-state index contributed by atoms with van der Waals surface area (Å²) < 4.78 is 17.2. The monoisotopic (exact) mass is 437 g/mol. The van der Waals surface area contributed by atoms with Crippen LogP contribution < -0.4 is 9.47 Å². The Morgan fingerprint density at radius 2 is 1.70 bits per heavy atom. The van der Waals surface area contributed by atoms with Gasteiger partial charge in [-0.25, -0.2) is 4.98 Å². The maximum Gasteiger partial charge on any atom is 0.243 e. The van der Waals surface area contributed by atoms with E-state index in [1.54, 1.807) is 0 Å². The third-order valence-corrected chi connectivity index (χ3v) is 5.67. The molecule has 1 aromatic heterocycles. The Morgan fingerprint density at radius 1 is 0.909 bits per heavy atom. The van der Waals surface area contributed by atoms with Crippen molar-refractivity contribution in [2.24, 2.45) is 5.10 Å². The highest BCUT2D eigenvalue weighted by atomic mass is 16.7. The zero-order valence-corrected chi connectivity index (χ0v) is 17.8. The van der Waals surface area contributed by atoms with Crippen molar-refractivity contribution in [2.45, 2.75) is 13.2 Å². The topological polar surface area (TPSA) is 73.3 Å². The van der Waals surface area contributed by atoms with Gasteiger partial charge >= 0.3 is 0 Å². The maximum absolute atomic E-state index is 12.6. The lowest BCUT2D eigenvalue weighted by atomic mass is 10.0. The first-order valence-electron chi connectivity index (χ1n) is 10.6. The van der Waals surface area contributed by atoms with Crippen LogP contribution in [0.2, 0.25) is 0 Å². The van der Waals surface area contributed by atoms with Gasteiger partial charge in [-0.2, -0.15) is 5.01 Å². The molecule has 2 aliphatic heterocycles. The molecule has 162 valence electrons. The first kappa shape index (κ1) is 19.3. The molecule has 0 bridgehead atoms. The zero-order valence-electron chi connectivity index (χ0n) is 17.8. The Hall–Kier alpha value is -4.39. The summed E-state index contributed by atoms with van der Waals surface area (Å²) in [7, 11) is 0. The number of fused-ring (bicyclic) bond motifs is 2. The molecule has 6 rings (SSSR count). The lowest BCUT2D eigenvalue weighted by Gasteiger charge is -2.21. The van der Waals surface area contributed by atoms with Crippen LogP contribution in [0.25, 0.3) is 22.2 Å². The Balaban J connectivity index is 1.46. The van der Waals surface area contributed by atoms with E-state index in [1.165, 1.54) is 11.9 Å². The van der Waals surface area contributed by atoms with Crippen LogP contribution in [0.1, 0.15) is 24.3 Å². The summed E-state index contributed by atoms with van der Waals surface area (Å²) >= 11 is 0. The minimum atomic E-state index is -0.724. The number of carbonyl (C=O) groups is 1. The van der Waals surface area contributed by atoms with Gasteiger partial charge in [0.25, 0.3) is 0 Å². The number of carbonyl (C=O) groups excluding carboxylic acids is 1. The van der Waals surface area contributed by atoms with Crippen molar-refractivity contribution in [1.29, 1.82) is 0 Å². The standard InChI is InChI=1S/C26H19N3O4/c1-16(30)29-26(33-25(28-29)18-11-12-23-24(13-18)32-15-31-23)20-14-22(17-7-3-2-4-8-17)27-21-10-6-5-9-19(20)21/h2-14,26H,15H2,1H3. The van der Waals surface area contributed by atoms with E-state index in [9.17, 15) is 4.79 Å². The highest BCUT2D eigenvalue weighted by Gasteiger charge is 2.35. The van der Waals surface area contributed by atoms with Gasteiger partial charge < -0.3 is 14.2 Å². The second kappa shape index (κ2) is 7.63. The van der Waals surface area contributed by atoms with Crippen molar-refractivity contribution in [3.8, 4) is 22.8 Å². The molecule has 3 heterocycles. The van der Waals surface area contributed by atoms with Crippen LogP contribution in [0.15, 0.2) is 84.0 Å². The van der Waals surface area contributed by atoms with Crippen LogP contribution in [0.4, 0.5) is 0 Å². The largest absolute Gasteiger partial charge is 0.454 e. The molecule has 2 aliphatic rings. The van der Waals surface area contributed by atoms with Crippen molar-refractivity contribution in [3.05, 3.63) is 90.0 Å². The smallest absolute Gasteiger partial charge is 0.243 e. The van der Waals surface area contributed by atoms with Gasteiger partial charge in [0.05, 0.1) is 11.2 Å². The number of hydrogen-bond acceptors (Lipinski definition) is 6. The van der Waals surface area contributed by atoms with Gasteiger partial charge in [0.15, 0.2) is 11.5 Å². The van der Waals surface area contributed by atoms with Gasteiger partial charge in [0, 0.05) is 29.0 Å². The second-order valence-corrected chi connectivity index (χ2v) is 7.79. The Kier molecular flexibility index (Phi) is 4.47. The number of para-hydroxylation sites is 1. The molecule has 0 spiro atoms. The molecule has 4 aromatic rings. The summed E-state index contributed by atoms with van der Waals surface area (Å²) in [6.07, 6.45) is -0.724. The molecule has 3 aromatic carbocycles. The maximum atomic E-state index is 12.6. The lowest BCUT2D eigenvalue weighted by Crippen LogP contribution is -2.25. The predicted octanol–water partition coefficient (Wildman–Crippen LogP) is 4.87. The van der Waals surface area contributed by atoms with Crippen molar-refractivity contribution < 1.29 is 19.0 Å². The fourth-order valence-electron chi connectivity index (χ4n) is 4.08. The van der Waals surface area contributed by atoms with E-state index in [2.05, 4.69) is 5.10 Å². The highest BCUT2D eigenvalue weighted by molar-refractivity contribution is 5.97. The summed E-state index contributed by atoms with van der Waals surface area (Å²) in [5.74, 6) is 1.41. The summed E-state index contributed by atoms with van der Waals surface area (Å²) in [4.78, 5) is 17.4. The fourth-order valence-corrected chi connectivity index (χ4v) is 4.08. The number of aromatic nitrogens is 1. The van der Waals surface area contributed by atoms with Crippen molar-refractivity contribution >= 4 is 22.7 Å². The molecule has 1 atom stereocenters. The van der Waals surface area contributed by atoms with Crippen LogP contribution in [0.3, 0.4) is 0 Å². The SMILES string of the molecule is CC(=O)N1N=C(c2ccc3c(c2)OCO3)OC1c1cc(-c2ccccc2)nc2ccccc12. The molecule has 0 fully saturated rings. The summed E-state index contributed by atoms with van der Waals surface area (Å²) in [6.45, 7) is 1.66. The zero-order chi connectivity index (χ0) is 22.4. The Labute approximate surface area is 189 Å². The normalized spacial score (nSPS) is 16.6. The number of amides is 1. The van der Waals surface area contributed by atoms with Crippen LogP contribution >= 0.6 is 0 Å². The summed E-state index contributed by atoms with van der Waals surface area (Å²) in [6, 6.07) is 25.2. The van der Waals surface area contributed by atoms with E-state index >= 15 is 0 Å². The van der Waals surface area contributed by atoms with E-state index in [1.807, 2.05) is 78.9 Å². The van der Waals surface area contributed by atoms with E-state index < -0.39 is 6.23 Å². The average Bonchev–Trinajstić information content (AvgIpc) is 3.51. The Bertz CT molecular complexity index is 1420. The van der Waals surface area contributed by atoms with E-state index in [0.717, 1.165) is 27.7 Å². The van der Waals surface area contributed by atoms with Gasteiger partial charge in [-0.05, 0) is 30.3 Å². The van der Waals surface area contributed by atoms with E-state index in [-0.39, 0.29) is 12.7 Å². The number of ether oxygens (including phenoxy) is 3. The Morgan fingerprint density at radius 3 is 2.55 bits per heavy atom. The molecule has 1 unspecified atom stereocenters. The van der Waals surface area contributed by atoms with Gasteiger partial charge in [0.1, 0.15) is 0 Å². The van der Waals surface area contributed by atoms with E-state index in [4.69, 9.17) is 19.2 Å². The first-order chi connectivity index (χ1) is 16.2.